The van der Waals surface area contributed by atoms with Crippen molar-refractivity contribution >= 4 is 46.3 Å². The fourth-order valence-corrected chi connectivity index (χ4v) is 8.83. The first kappa shape index (κ1) is 36.2. The number of esters is 2. The molecule has 0 radical (unpaired) electrons. The molecule has 1 saturated carbocycles. The zero-order valence-electron chi connectivity index (χ0n) is 28.9. The summed E-state index contributed by atoms with van der Waals surface area (Å²) in [5.74, 6) is -2.80. The Labute approximate surface area is 310 Å². The van der Waals surface area contributed by atoms with Crippen LogP contribution < -0.4 is 10.6 Å². The van der Waals surface area contributed by atoms with Gasteiger partial charge in [-0.3, -0.25) is 24.0 Å². The number of amides is 2. The average molecular weight is 818 g/mol. The molecule has 14 heteroatoms. The maximum Gasteiger partial charge on any atom is 0.327 e. The van der Waals surface area contributed by atoms with Crippen LogP contribution in [0.25, 0.3) is 0 Å². The van der Waals surface area contributed by atoms with Crippen molar-refractivity contribution in [3.63, 3.8) is 0 Å². The number of aliphatic hydroxyl groups excluding tert-OH is 1. The van der Waals surface area contributed by atoms with Crippen molar-refractivity contribution in [2.75, 3.05) is 13.2 Å². The smallest absolute Gasteiger partial charge is 0.327 e. The third-order valence-electron chi connectivity index (χ3n) is 10.3. The molecule has 2 aromatic rings. The predicted octanol–water partition coefficient (Wildman–Crippen LogP) is 2.48. The molecule has 3 saturated heterocycles. The van der Waals surface area contributed by atoms with Crippen molar-refractivity contribution in [1.29, 1.82) is 0 Å². The summed E-state index contributed by atoms with van der Waals surface area (Å²) in [6.45, 7) is 5.15. The Morgan fingerprint density at radius 2 is 1.78 bits per heavy atom. The van der Waals surface area contributed by atoms with Gasteiger partial charge in [0.05, 0.1) is 19.2 Å². The van der Waals surface area contributed by atoms with Gasteiger partial charge in [-0.15, -0.1) is 0 Å². The van der Waals surface area contributed by atoms with Crippen LogP contribution in [0, 0.1) is 8.99 Å². The van der Waals surface area contributed by atoms with E-state index in [0.717, 1.165) is 20.3 Å². The highest BCUT2D eigenvalue weighted by atomic mass is 127. The largest absolute Gasteiger partial charge is 0.460 e. The second-order valence-corrected chi connectivity index (χ2v) is 16.4. The first-order valence-corrected chi connectivity index (χ1v) is 18.6. The molecule has 7 unspecified atom stereocenters. The third kappa shape index (κ3) is 7.14. The quantitative estimate of drug-likeness (QED) is 0.226. The summed E-state index contributed by atoms with van der Waals surface area (Å²) in [4.78, 5) is 60.0. The van der Waals surface area contributed by atoms with Gasteiger partial charge in [-0.2, -0.15) is 5.06 Å². The first-order chi connectivity index (χ1) is 24.3. The number of hydrogen-bond acceptors (Lipinski definition) is 11. The fourth-order valence-electron chi connectivity index (χ4n) is 8.22. The zero-order chi connectivity index (χ0) is 36.1. The van der Waals surface area contributed by atoms with Gasteiger partial charge in [0, 0.05) is 42.2 Å². The lowest BCUT2D eigenvalue weighted by Crippen LogP contribution is -2.69. The second kappa shape index (κ2) is 14.0. The van der Waals surface area contributed by atoms with Gasteiger partial charge in [0.1, 0.15) is 35.4 Å². The van der Waals surface area contributed by atoms with E-state index in [4.69, 9.17) is 23.8 Å². The number of fused-ring (bicyclic) bond motifs is 5. The summed E-state index contributed by atoms with van der Waals surface area (Å²) < 4.78 is 25.8. The highest BCUT2D eigenvalue weighted by molar-refractivity contribution is 14.1. The number of nitrogens with zero attached hydrogens (tertiary/aromatic N) is 1. The SMILES string of the molecule is CC(C)(C)OC(=O)CCC(CO)NC(=O)CCNC(=O)C12CC3OC(=O)C1N(Cc1cccc(I)c1)OC2C1OC2(Cc4ccccc4C2)OC31. The van der Waals surface area contributed by atoms with Crippen molar-refractivity contribution in [3.05, 3.63) is 68.8 Å². The average Bonchev–Trinajstić information content (AvgIpc) is 3.73. The Morgan fingerprint density at radius 1 is 1.06 bits per heavy atom. The second-order valence-electron chi connectivity index (χ2n) is 15.1. The molecule has 7 atom stereocenters. The molecule has 2 amide bonds. The molecule has 3 aliphatic heterocycles. The van der Waals surface area contributed by atoms with Crippen LogP contribution >= 0.6 is 22.6 Å². The molecule has 4 fully saturated rings. The van der Waals surface area contributed by atoms with Crippen LogP contribution in [-0.2, 0) is 62.3 Å². The number of benzene rings is 2. The van der Waals surface area contributed by atoms with E-state index in [9.17, 15) is 24.3 Å². The van der Waals surface area contributed by atoms with Gasteiger partial charge in [-0.05, 0) is 78.6 Å². The number of rotatable bonds is 11. The monoisotopic (exact) mass is 817 g/mol. The summed E-state index contributed by atoms with van der Waals surface area (Å²) in [7, 11) is 0. The van der Waals surface area contributed by atoms with E-state index >= 15 is 0 Å². The number of carbonyl (C=O) groups excluding carboxylic acids is 4. The van der Waals surface area contributed by atoms with Crippen molar-refractivity contribution in [1.82, 2.24) is 15.7 Å². The number of ether oxygens (including phenoxy) is 4. The van der Waals surface area contributed by atoms with Crippen molar-refractivity contribution in [2.45, 2.75) is 114 Å². The van der Waals surface area contributed by atoms with Crippen LogP contribution in [0.1, 0.15) is 63.1 Å². The molecule has 3 heterocycles. The van der Waals surface area contributed by atoms with E-state index in [-0.39, 0.29) is 45.4 Å². The third-order valence-corrected chi connectivity index (χ3v) is 11.0. The number of hydroxylamine groups is 2. The summed E-state index contributed by atoms with van der Waals surface area (Å²) in [5, 5.41) is 17.0. The van der Waals surface area contributed by atoms with Crippen LogP contribution in [0.4, 0.5) is 0 Å². The molecule has 0 aromatic heterocycles. The van der Waals surface area contributed by atoms with Crippen molar-refractivity contribution < 1.29 is 48.1 Å². The lowest BCUT2D eigenvalue weighted by atomic mass is 9.62. The summed E-state index contributed by atoms with van der Waals surface area (Å²) in [6, 6.07) is 14.2. The number of hydrogen-bond donors (Lipinski definition) is 3. The standard InChI is InChI=1S/C37H44IN3O10/c1-35(2,3)48-28(44)12-11-25(20-42)40-27(43)13-14-39-34(46)37-18-26-29-30(50-36(49-29)16-22-8-4-5-9-23(22)17-36)32(37)51-41(31(37)33(45)47-26)19-21-7-6-10-24(38)15-21/h4-10,15,25-26,29-32,42H,11-14,16-20H2,1-3H3,(H,39,46)(H,40,43). The summed E-state index contributed by atoms with van der Waals surface area (Å²) >= 11 is 2.23. The van der Waals surface area contributed by atoms with E-state index < -0.39 is 77.1 Å². The number of halogens is 1. The number of nitrogens with one attached hydrogen (secondary N) is 2. The molecule has 51 heavy (non-hydrogen) atoms. The van der Waals surface area contributed by atoms with Crippen LogP contribution in [0.15, 0.2) is 48.5 Å². The minimum absolute atomic E-state index is 0.0298. The molecular formula is C37H44IN3O10. The van der Waals surface area contributed by atoms with Crippen molar-refractivity contribution in [2.24, 2.45) is 5.41 Å². The summed E-state index contributed by atoms with van der Waals surface area (Å²) in [5.41, 5.74) is 1.14. The molecular weight excluding hydrogens is 773 g/mol. The molecule has 2 aliphatic carbocycles. The lowest BCUT2D eigenvalue weighted by Gasteiger charge is -2.48. The Balaban J connectivity index is 1.07. The normalized spacial score (nSPS) is 29.2. The predicted molar refractivity (Wildman–Crippen MR) is 188 cm³/mol. The van der Waals surface area contributed by atoms with Gasteiger partial charge in [0.15, 0.2) is 11.8 Å². The minimum atomic E-state index is -1.37. The number of carbonyl (C=O) groups is 4. The number of aliphatic hydroxyl groups is 1. The topological polar surface area (TPSA) is 162 Å². The van der Waals surface area contributed by atoms with Crippen LogP contribution in [0.3, 0.4) is 0 Å². The fraction of sp³-hybridized carbons (Fsp3) is 0.568. The Morgan fingerprint density at radius 3 is 2.47 bits per heavy atom. The Kier molecular flexibility index (Phi) is 9.95. The van der Waals surface area contributed by atoms with Gasteiger partial charge in [0.2, 0.25) is 11.8 Å². The van der Waals surface area contributed by atoms with Gasteiger partial charge < -0.3 is 34.7 Å². The van der Waals surface area contributed by atoms with E-state index in [1.807, 2.05) is 36.4 Å². The molecule has 2 aromatic carbocycles. The maximum absolute atomic E-state index is 14.5. The maximum atomic E-state index is 14.5. The minimum Gasteiger partial charge on any atom is -0.460 e. The van der Waals surface area contributed by atoms with Crippen LogP contribution in [0.5, 0.6) is 0 Å². The lowest BCUT2D eigenvalue weighted by molar-refractivity contribution is -0.217. The Hall–Kier alpha value is -3.15. The van der Waals surface area contributed by atoms with E-state index in [1.165, 1.54) is 0 Å². The van der Waals surface area contributed by atoms with Gasteiger partial charge in [-0.1, -0.05) is 36.4 Å². The molecule has 3 N–H and O–H groups in total. The molecule has 2 bridgehead atoms. The molecule has 13 nitrogen and oxygen atoms in total. The van der Waals surface area contributed by atoms with Gasteiger partial charge in [0.25, 0.3) is 0 Å². The molecule has 1 spiro atoms. The van der Waals surface area contributed by atoms with E-state index in [2.05, 4.69) is 45.4 Å². The highest BCUT2D eigenvalue weighted by Gasteiger charge is 2.76. The highest BCUT2D eigenvalue weighted by Crippen LogP contribution is 2.58. The zero-order valence-corrected chi connectivity index (χ0v) is 31.1. The van der Waals surface area contributed by atoms with E-state index in [0.29, 0.717) is 12.8 Å². The first-order valence-electron chi connectivity index (χ1n) is 17.5. The Bertz CT molecular complexity index is 1670. The van der Waals surface area contributed by atoms with Gasteiger partial charge >= 0.3 is 11.9 Å². The van der Waals surface area contributed by atoms with Gasteiger partial charge in [-0.25, -0.2) is 0 Å². The summed E-state index contributed by atoms with van der Waals surface area (Å²) in [6.07, 6.45) is -1.56. The van der Waals surface area contributed by atoms with Crippen molar-refractivity contribution in [3.8, 4) is 0 Å². The van der Waals surface area contributed by atoms with Crippen LogP contribution in [-0.4, -0.2) is 95.0 Å². The molecule has 274 valence electrons. The molecule has 7 rings (SSSR count). The van der Waals surface area contributed by atoms with E-state index in [1.54, 1.807) is 25.8 Å². The molecule has 5 aliphatic rings. The van der Waals surface area contributed by atoms with Crippen LogP contribution in [0.2, 0.25) is 0 Å².